The monoisotopic (exact) mass is 393 g/mol. The van der Waals surface area contributed by atoms with Crippen LogP contribution in [0.2, 0.25) is 0 Å². The van der Waals surface area contributed by atoms with Gasteiger partial charge in [-0.3, -0.25) is 19.8 Å². The van der Waals surface area contributed by atoms with Gasteiger partial charge in [0.25, 0.3) is 11.9 Å². The number of nitrogens with one attached hydrogen (secondary N) is 1. The Balaban J connectivity index is 1.75. The lowest BCUT2D eigenvalue weighted by atomic mass is 9.77. The molecule has 2 saturated heterocycles. The van der Waals surface area contributed by atoms with E-state index in [0.29, 0.717) is 24.6 Å². The van der Waals surface area contributed by atoms with Crippen LogP contribution >= 0.6 is 0 Å². The zero-order chi connectivity index (χ0) is 20.2. The maximum absolute atomic E-state index is 13.4. The third-order valence-electron chi connectivity index (χ3n) is 6.67. The normalized spacial score (nSPS) is 30.2. The highest BCUT2D eigenvalue weighted by atomic mass is 16.6. The van der Waals surface area contributed by atoms with Gasteiger partial charge in [0.1, 0.15) is 5.75 Å². The van der Waals surface area contributed by atoms with Crippen LogP contribution in [0.1, 0.15) is 36.8 Å². The first-order valence-corrected chi connectivity index (χ1v) is 10.1. The standard InChI is InChI=1S/C22H23N3O4/c1-2-29-18-12-6-3-8-14(18)19-17-11-7-13-24(17)22(20(19)25(27)28)15-9-4-5-10-16(15)23-21(22)26/h3-6,8-10,12,17,19-20H,2,7,11,13H2,1H3,(H,23,26)/t17-,19+,20-,22-/m0/s1. The van der Waals surface area contributed by atoms with Crippen molar-refractivity contribution in [2.45, 2.75) is 43.3 Å². The number of nitrogens with zero attached hydrogens (tertiary/aromatic N) is 2. The van der Waals surface area contributed by atoms with Crippen molar-refractivity contribution in [1.82, 2.24) is 4.90 Å². The summed E-state index contributed by atoms with van der Waals surface area (Å²) < 4.78 is 5.83. The average molecular weight is 393 g/mol. The summed E-state index contributed by atoms with van der Waals surface area (Å²) in [4.78, 5) is 27.8. The molecule has 4 atom stereocenters. The molecule has 2 fully saturated rings. The van der Waals surface area contributed by atoms with Gasteiger partial charge in [-0.1, -0.05) is 36.4 Å². The molecule has 3 aliphatic rings. The van der Waals surface area contributed by atoms with Crippen LogP contribution in [0.15, 0.2) is 48.5 Å². The first-order valence-electron chi connectivity index (χ1n) is 10.1. The van der Waals surface area contributed by atoms with Crippen molar-refractivity contribution < 1.29 is 14.5 Å². The molecule has 29 heavy (non-hydrogen) atoms. The molecule has 3 heterocycles. The Morgan fingerprint density at radius 3 is 2.79 bits per heavy atom. The zero-order valence-corrected chi connectivity index (χ0v) is 16.2. The van der Waals surface area contributed by atoms with E-state index < -0.39 is 17.5 Å². The van der Waals surface area contributed by atoms with Crippen LogP contribution in [0.4, 0.5) is 5.69 Å². The van der Waals surface area contributed by atoms with E-state index >= 15 is 0 Å². The second kappa shape index (κ2) is 6.56. The number of hydrogen-bond acceptors (Lipinski definition) is 5. The van der Waals surface area contributed by atoms with E-state index in [-0.39, 0.29) is 16.9 Å². The molecule has 7 heteroatoms. The zero-order valence-electron chi connectivity index (χ0n) is 16.2. The largest absolute Gasteiger partial charge is 0.494 e. The molecule has 3 aliphatic heterocycles. The summed E-state index contributed by atoms with van der Waals surface area (Å²) in [6, 6.07) is 13.8. The Morgan fingerprint density at radius 2 is 2.00 bits per heavy atom. The summed E-state index contributed by atoms with van der Waals surface area (Å²) in [7, 11) is 0. The molecule has 0 bridgehead atoms. The van der Waals surface area contributed by atoms with Crippen LogP contribution in [0.5, 0.6) is 5.75 Å². The molecule has 7 nitrogen and oxygen atoms in total. The van der Waals surface area contributed by atoms with Crippen molar-refractivity contribution >= 4 is 11.6 Å². The van der Waals surface area contributed by atoms with E-state index in [1.54, 1.807) is 0 Å². The fourth-order valence-corrected chi connectivity index (χ4v) is 5.79. The Hall–Kier alpha value is -2.93. The molecule has 0 unspecified atom stereocenters. The van der Waals surface area contributed by atoms with Gasteiger partial charge >= 0.3 is 0 Å². The van der Waals surface area contributed by atoms with Crippen LogP contribution in [-0.2, 0) is 10.3 Å². The van der Waals surface area contributed by atoms with Crippen molar-refractivity contribution in [3.63, 3.8) is 0 Å². The number of carbonyl (C=O) groups is 1. The Kier molecular flexibility index (Phi) is 4.10. The highest BCUT2D eigenvalue weighted by Crippen LogP contribution is 2.58. The van der Waals surface area contributed by atoms with E-state index in [1.165, 1.54) is 0 Å². The van der Waals surface area contributed by atoms with Gasteiger partial charge in [0, 0.05) is 34.3 Å². The predicted octanol–water partition coefficient (Wildman–Crippen LogP) is 3.14. The fourth-order valence-electron chi connectivity index (χ4n) is 5.79. The summed E-state index contributed by atoms with van der Waals surface area (Å²) in [5.41, 5.74) is 0.927. The molecule has 5 rings (SSSR count). The second-order valence-corrected chi connectivity index (χ2v) is 7.90. The first-order chi connectivity index (χ1) is 14.1. The summed E-state index contributed by atoms with van der Waals surface area (Å²) in [6.07, 6.45) is 1.74. The van der Waals surface area contributed by atoms with Gasteiger partial charge in [-0.05, 0) is 31.9 Å². The van der Waals surface area contributed by atoms with Crippen LogP contribution in [0.3, 0.4) is 0 Å². The van der Waals surface area contributed by atoms with Crippen molar-refractivity contribution in [3.8, 4) is 5.75 Å². The lowest BCUT2D eigenvalue weighted by molar-refractivity contribution is -0.534. The number of amides is 1. The van der Waals surface area contributed by atoms with E-state index in [4.69, 9.17) is 4.74 Å². The summed E-state index contributed by atoms with van der Waals surface area (Å²) >= 11 is 0. The van der Waals surface area contributed by atoms with Crippen molar-refractivity contribution in [3.05, 3.63) is 69.8 Å². The molecular formula is C22H23N3O4. The van der Waals surface area contributed by atoms with Crippen LogP contribution < -0.4 is 10.1 Å². The Morgan fingerprint density at radius 1 is 1.24 bits per heavy atom. The van der Waals surface area contributed by atoms with E-state index in [1.807, 2.05) is 55.5 Å². The number of anilines is 1. The quantitative estimate of drug-likeness (QED) is 0.637. The van der Waals surface area contributed by atoms with Gasteiger partial charge in [0.05, 0.1) is 12.5 Å². The van der Waals surface area contributed by atoms with Gasteiger partial charge in [0.15, 0.2) is 5.54 Å². The van der Waals surface area contributed by atoms with Gasteiger partial charge in [-0.2, -0.15) is 0 Å². The van der Waals surface area contributed by atoms with Crippen molar-refractivity contribution in [2.24, 2.45) is 0 Å². The van der Waals surface area contributed by atoms with Gasteiger partial charge in [0.2, 0.25) is 0 Å². The number of para-hydroxylation sites is 2. The Bertz CT molecular complexity index is 994. The molecule has 1 amide bonds. The molecule has 0 aromatic heterocycles. The van der Waals surface area contributed by atoms with E-state index in [9.17, 15) is 14.9 Å². The smallest absolute Gasteiger partial charge is 0.256 e. The molecule has 0 radical (unpaired) electrons. The average Bonchev–Trinajstić information content (AvgIpc) is 3.36. The number of ether oxygens (including phenoxy) is 1. The minimum absolute atomic E-state index is 0.0797. The number of carbonyl (C=O) groups excluding carboxylic acids is 1. The van der Waals surface area contributed by atoms with Crippen LogP contribution in [0.25, 0.3) is 0 Å². The lowest BCUT2D eigenvalue weighted by Crippen LogP contribution is -2.55. The first kappa shape index (κ1) is 18.1. The second-order valence-electron chi connectivity index (χ2n) is 7.90. The minimum Gasteiger partial charge on any atom is -0.494 e. The van der Waals surface area contributed by atoms with Gasteiger partial charge in [-0.15, -0.1) is 0 Å². The Labute approximate surface area is 168 Å². The van der Waals surface area contributed by atoms with E-state index in [0.717, 1.165) is 24.0 Å². The molecule has 150 valence electrons. The number of rotatable bonds is 4. The van der Waals surface area contributed by atoms with Crippen molar-refractivity contribution in [2.75, 3.05) is 18.5 Å². The summed E-state index contributed by atoms with van der Waals surface area (Å²) in [5.74, 6) is -0.0433. The molecule has 0 aliphatic carbocycles. The van der Waals surface area contributed by atoms with E-state index in [2.05, 4.69) is 10.2 Å². The number of benzene rings is 2. The molecule has 1 N–H and O–H groups in total. The SMILES string of the molecule is CCOc1ccccc1[C@H]1[C@H]([N+](=O)[O-])[C@@]2(C(=O)Nc3ccccc32)N2CCC[C@@H]12. The van der Waals surface area contributed by atoms with Crippen LogP contribution in [-0.4, -0.2) is 41.0 Å². The molecular weight excluding hydrogens is 370 g/mol. The van der Waals surface area contributed by atoms with Crippen LogP contribution in [0, 0.1) is 10.1 Å². The third-order valence-corrected chi connectivity index (χ3v) is 6.67. The third kappa shape index (κ3) is 2.31. The molecule has 2 aromatic rings. The highest BCUT2D eigenvalue weighted by molar-refractivity contribution is 6.07. The van der Waals surface area contributed by atoms with Crippen molar-refractivity contribution in [1.29, 1.82) is 0 Å². The number of hydrogen-bond donors (Lipinski definition) is 1. The predicted molar refractivity (Wildman–Crippen MR) is 108 cm³/mol. The fraction of sp³-hybridized carbons (Fsp3) is 0.409. The topological polar surface area (TPSA) is 84.7 Å². The summed E-state index contributed by atoms with van der Waals surface area (Å²) in [5, 5.41) is 15.5. The maximum atomic E-state index is 13.4. The minimum atomic E-state index is -1.29. The van der Waals surface area contributed by atoms with Gasteiger partial charge < -0.3 is 10.1 Å². The maximum Gasteiger partial charge on any atom is 0.256 e. The highest BCUT2D eigenvalue weighted by Gasteiger charge is 2.73. The lowest BCUT2D eigenvalue weighted by Gasteiger charge is -2.32. The molecule has 0 saturated carbocycles. The number of fused-ring (bicyclic) bond motifs is 4. The van der Waals surface area contributed by atoms with Gasteiger partial charge in [-0.25, -0.2) is 0 Å². The number of nitro groups is 1. The summed E-state index contributed by atoms with van der Waals surface area (Å²) in [6.45, 7) is 3.06. The molecule has 2 aromatic carbocycles. The molecule has 1 spiro atoms.